The van der Waals surface area contributed by atoms with Gasteiger partial charge in [0, 0.05) is 14.5 Å². The summed E-state index contributed by atoms with van der Waals surface area (Å²) < 4.78 is 1.01. The molecule has 1 fully saturated rings. The Balaban J connectivity index is 1.90. The van der Waals surface area contributed by atoms with Gasteiger partial charge in [0.2, 0.25) is 0 Å². The van der Waals surface area contributed by atoms with Crippen LogP contribution in [0.15, 0.2) is 42.0 Å². The molecule has 0 radical (unpaired) electrons. The molecule has 7 nitrogen and oxygen atoms in total. The molecule has 1 aliphatic rings. The smallest absolute Gasteiger partial charge is 0.267 e. The lowest BCUT2D eigenvalue weighted by molar-refractivity contribution is -0.380. The summed E-state index contributed by atoms with van der Waals surface area (Å²) in [6.07, 6.45) is 1.36. The zero-order valence-electron chi connectivity index (χ0n) is 11.4. The van der Waals surface area contributed by atoms with Gasteiger partial charge in [-0.25, -0.2) is 5.01 Å². The summed E-state index contributed by atoms with van der Waals surface area (Å²) >= 11 is 3.04. The highest BCUT2D eigenvalue weighted by Gasteiger charge is 2.34. The Labute approximate surface area is 147 Å². The molecule has 2 amide bonds. The number of carbonyl (C=O) groups excluding carboxylic acids is 2. The van der Waals surface area contributed by atoms with E-state index in [0.29, 0.717) is 10.6 Å². The van der Waals surface area contributed by atoms with E-state index in [0.717, 1.165) is 19.9 Å². The molecule has 23 heavy (non-hydrogen) atoms. The van der Waals surface area contributed by atoms with Gasteiger partial charge in [-0.05, 0) is 59.0 Å². The van der Waals surface area contributed by atoms with Crippen molar-refractivity contribution in [1.29, 1.82) is 0 Å². The first-order chi connectivity index (χ1) is 11.0. The van der Waals surface area contributed by atoms with Crippen LogP contribution < -0.4 is 10.4 Å². The molecule has 0 atom stereocenters. The van der Waals surface area contributed by atoms with Crippen LogP contribution >= 0.6 is 33.9 Å². The van der Waals surface area contributed by atoms with Crippen molar-refractivity contribution in [3.05, 3.63) is 60.5 Å². The van der Waals surface area contributed by atoms with Crippen molar-refractivity contribution in [3.8, 4) is 0 Å². The molecule has 0 spiro atoms. The van der Waals surface area contributed by atoms with Crippen molar-refractivity contribution in [1.82, 2.24) is 5.43 Å². The third kappa shape index (κ3) is 3.10. The van der Waals surface area contributed by atoms with Crippen molar-refractivity contribution in [2.45, 2.75) is 0 Å². The number of rotatable bonds is 3. The highest BCUT2D eigenvalue weighted by molar-refractivity contribution is 14.1. The standard InChI is InChI=1S/C14H8IN3O4S/c15-8-1-3-9(4-2-8)17-14(20)11(13(19)16-17)7-10-5-6-12(23-10)18(21)22/h1-7H,(H,16,19). The number of anilines is 1. The van der Waals surface area contributed by atoms with Gasteiger partial charge in [0.1, 0.15) is 5.57 Å². The lowest BCUT2D eigenvalue weighted by atomic mass is 10.2. The first kappa shape index (κ1) is 15.6. The van der Waals surface area contributed by atoms with Gasteiger partial charge in [0.05, 0.1) is 10.6 Å². The van der Waals surface area contributed by atoms with Crippen molar-refractivity contribution in [2.75, 3.05) is 5.01 Å². The molecule has 1 aliphatic heterocycles. The molecule has 116 valence electrons. The molecular weight excluding hydrogens is 433 g/mol. The van der Waals surface area contributed by atoms with Gasteiger partial charge in [-0.1, -0.05) is 11.3 Å². The van der Waals surface area contributed by atoms with Crippen LogP contribution in [-0.4, -0.2) is 16.7 Å². The summed E-state index contributed by atoms with van der Waals surface area (Å²) in [5.74, 6) is -1.03. The molecule has 2 aromatic rings. The van der Waals surface area contributed by atoms with Crippen LogP contribution in [0.2, 0.25) is 0 Å². The second-order valence-electron chi connectivity index (χ2n) is 4.55. The molecule has 1 aromatic carbocycles. The number of nitro groups is 1. The molecule has 3 rings (SSSR count). The molecule has 9 heteroatoms. The van der Waals surface area contributed by atoms with E-state index in [2.05, 4.69) is 28.0 Å². The van der Waals surface area contributed by atoms with Crippen LogP contribution in [0.3, 0.4) is 0 Å². The Kier molecular flexibility index (Phi) is 4.13. The van der Waals surface area contributed by atoms with E-state index in [1.165, 1.54) is 18.2 Å². The highest BCUT2D eigenvalue weighted by Crippen LogP contribution is 2.28. The van der Waals surface area contributed by atoms with Crippen molar-refractivity contribution < 1.29 is 14.5 Å². The summed E-state index contributed by atoms with van der Waals surface area (Å²) in [6.45, 7) is 0. The number of nitrogens with one attached hydrogen (secondary N) is 1. The Hall–Kier alpha value is -2.27. The molecule has 1 N–H and O–H groups in total. The Morgan fingerprint density at radius 3 is 2.48 bits per heavy atom. The van der Waals surface area contributed by atoms with E-state index < -0.39 is 16.7 Å². The third-order valence-corrected chi connectivity index (χ3v) is 4.76. The number of hydrogen-bond donors (Lipinski definition) is 1. The van der Waals surface area contributed by atoms with Crippen LogP contribution in [0.25, 0.3) is 6.08 Å². The van der Waals surface area contributed by atoms with E-state index in [4.69, 9.17) is 0 Å². The molecule has 0 bridgehead atoms. The van der Waals surface area contributed by atoms with E-state index in [9.17, 15) is 19.7 Å². The number of thiophene rings is 1. The zero-order chi connectivity index (χ0) is 16.6. The second kappa shape index (κ2) is 6.08. The molecule has 1 aromatic heterocycles. The minimum Gasteiger partial charge on any atom is -0.267 e. The third-order valence-electron chi connectivity index (χ3n) is 3.06. The number of benzene rings is 1. The van der Waals surface area contributed by atoms with Crippen molar-refractivity contribution in [3.63, 3.8) is 0 Å². The van der Waals surface area contributed by atoms with Crippen LogP contribution in [0.4, 0.5) is 10.7 Å². The number of carbonyl (C=O) groups is 2. The number of halogens is 1. The maximum atomic E-state index is 12.4. The molecule has 2 heterocycles. The van der Waals surface area contributed by atoms with Crippen LogP contribution in [0.5, 0.6) is 0 Å². The summed E-state index contributed by atoms with van der Waals surface area (Å²) in [5.41, 5.74) is 2.97. The van der Waals surface area contributed by atoms with E-state index in [1.807, 2.05) is 12.1 Å². The average molecular weight is 441 g/mol. The first-order valence-corrected chi connectivity index (χ1v) is 8.22. The van der Waals surface area contributed by atoms with Gasteiger partial charge < -0.3 is 0 Å². The van der Waals surface area contributed by atoms with Crippen molar-refractivity contribution >= 4 is 62.5 Å². The van der Waals surface area contributed by atoms with Crippen LogP contribution in [0, 0.1) is 13.7 Å². The molecule has 1 saturated heterocycles. The minimum absolute atomic E-state index is 0.0443. The van der Waals surface area contributed by atoms with E-state index >= 15 is 0 Å². The topological polar surface area (TPSA) is 92.6 Å². The van der Waals surface area contributed by atoms with Gasteiger partial charge >= 0.3 is 5.00 Å². The van der Waals surface area contributed by atoms with Gasteiger partial charge in [0.25, 0.3) is 11.8 Å². The highest BCUT2D eigenvalue weighted by atomic mass is 127. The normalized spacial score (nSPS) is 16.0. The largest absolute Gasteiger partial charge is 0.324 e. The monoisotopic (exact) mass is 441 g/mol. The quantitative estimate of drug-likeness (QED) is 0.261. The summed E-state index contributed by atoms with van der Waals surface area (Å²) in [5, 5.41) is 11.8. The maximum absolute atomic E-state index is 12.4. The number of hydrogen-bond acceptors (Lipinski definition) is 5. The fourth-order valence-electron chi connectivity index (χ4n) is 1.99. The van der Waals surface area contributed by atoms with Gasteiger partial charge in [-0.3, -0.25) is 25.1 Å². The predicted molar refractivity (Wildman–Crippen MR) is 93.7 cm³/mol. The summed E-state index contributed by atoms with van der Waals surface area (Å²) in [4.78, 5) is 35.0. The number of nitrogens with zero attached hydrogens (tertiary/aromatic N) is 2. The Morgan fingerprint density at radius 2 is 1.87 bits per heavy atom. The first-order valence-electron chi connectivity index (χ1n) is 6.32. The molecule has 0 unspecified atom stereocenters. The molecule has 0 aliphatic carbocycles. The van der Waals surface area contributed by atoms with Crippen LogP contribution in [0.1, 0.15) is 4.88 Å². The van der Waals surface area contributed by atoms with Gasteiger partial charge in [-0.2, -0.15) is 0 Å². The second-order valence-corrected chi connectivity index (χ2v) is 6.89. The fourth-order valence-corrected chi connectivity index (χ4v) is 3.11. The average Bonchev–Trinajstić information content (AvgIpc) is 3.09. The lowest BCUT2D eigenvalue weighted by Crippen LogP contribution is -2.35. The summed E-state index contributed by atoms with van der Waals surface area (Å²) in [7, 11) is 0. The SMILES string of the molecule is O=C1NN(c2ccc(I)cc2)C(=O)C1=Cc1ccc([N+](=O)[O-])s1. The van der Waals surface area contributed by atoms with Crippen molar-refractivity contribution in [2.24, 2.45) is 0 Å². The zero-order valence-corrected chi connectivity index (χ0v) is 14.3. The minimum atomic E-state index is -0.537. The molecular formula is C14H8IN3O4S. The maximum Gasteiger partial charge on any atom is 0.324 e. The fraction of sp³-hybridized carbons (Fsp3) is 0. The van der Waals surface area contributed by atoms with E-state index in [1.54, 1.807) is 12.1 Å². The molecule has 0 saturated carbocycles. The van der Waals surface area contributed by atoms with Gasteiger partial charge in [0.15, 0.2) is 0 Å². The predicted octanol–water partition coefficient (Wildman–Crippen LogP) is 2.72. The number of amides is 2. The summed E-state index contributed by atoms with van der Waals surface area (Å²) in [6, 6.07) is 9.92. The Morgan fingerprint density at radius 1 is 1.17 bits per heavy atom. The van der Waals surface area contributed by atoms with Gasteiger partial charge in [-0.15, -0.1) is 0 Å². The Bertz CT molecular complexity index is 844. The number of hydrazine groups is 1. The van der Waals surface area contributed by atoms with E-state index in [-0.39, 0.29) is 10.6 Å². The van der Waals surface area contributed by atoms with Crippen LogP contribution in [-0.2, 0) is 9.59 Å². The lowest BCUT2D eigenvalue weighted by Gasteiger charge is -2.14.